The van der Waals surface area contributed by atoms with Crippen molar-refractivity contribution < 1.29 is 24.2 Å². The Kier molecular flexibility index (Phi) is 2.95. The van der Waals surface area contributed by atoms with E-state index in [0.717, 1.165) is 12.1 Å². The number of benzene rings is 1. The predicted molar refractivity (Wildman–Crippen MR) is 49.2 cm³/mol. The lowest BCUT2D eigenvalue weighted by atomic mass is 9.98. The van der Waals surface area contributed by atoms with Crippen LogP contribution < -0.4 is 0 Å². The molecule has 0 spiro atoms. The second-order valence-corrected chi connectivity index (χ2v) is 3.32. The van der Waals surface area contributed by atoms with E-state index in [2.05, 4.69) is 0 Å². The zero-order valence-corrected chi connectivity index (χ0v) is 8.03. The fourth-order valence-electron chi connectivity index (χ4n) is 1.06. The molecule has 0 bridgehead atoms. The average molecular weight is 233 g/mol. The molecule has 0 unspecified atom stereocenters. The quantitative estimate of drug-likeness (QED) is 0.611. The predicted octanol–water partition coefficient (Wildman–Crippen LogP) is 1.43. The maximum Gasteiger partial charge on any atom is 0.341 e. The molecule has 0 saturated heterocycles. The van der Waals surface area contributed by atoms with Gasteiger partial charge in [-0.25, -0.2) is 14.0 Å². The largest absolute Gasteiger partial charge is 0.479 e. The van der Waals surface area contributed by atoms with Crippen LogP contribution in [0.5, 0.6) is 0 Å². The summed E-state index contributed by atoms with van der Waals surface area (Å²) in [5.41, 5.74) is -0.591. The van der Waals surface area contributed by atoms with Crippen molar-refractivity contribution in [3.63, 3.8) is 0 Å². The van der Waals surface area contributed by atoms with Gasteiger partial charge in [0, 0.05) is 5.56 Å². The number of carbonyl (C=O) groups is 2. The number of carboxylic acids is 2. The SMILES string of the molecule is O=C(O)C(Cl)(C(=O)O)c1ccccc1F. The summed E-state index contributed by atoms with van der Waals surface area (Å²) in [5, 5.41) is 17.4. The Hall–Kier alpha value is -1.62. The van der Waals surface area contributed by atoms with Crippen molar-refractivity contribution in [2.45, 2.75) is 4.87 Å². The molecule has 0 aliphatic carbocycles. The molecule has 0 aromatic heterocycles. The summed E-state index contributed by atoms with van der Waals surface area (Å²) >= 11 is 5.40. The smallest absolute Gasteiger partial charge is 0.341 e. The van der Waals surface area contributed by atoms with Gasteiger partial charge in [0.1, 0.15) is 5.82 Å². The van der Waals surface area contributed by atoms with Crippen molar-refractivity contribution in [2.75, 3.05) is 0 Å². The minimum Gasteiger partial charge on any atom is -0.479 e. The van der Waals surface area contributed by atoms with Crippen molar-refractivity contribution in [1.29, 1.82) is 0 Å². The summed E-state index contributed by atoms with van der Waals surface area (Å²) in [7, 11) is 0. The molecule has 0 amide bonds. The molecular formula is C9H6ClFO4. The average Bonchev–Trinajstić information content (AvgIpc) is 2.16. The number of carboxylic acid groups (broad SMARTS) is 2. The maximum atomic E-state index is 13.2. The third-order valence-electron chi connectivity index (χ3n) is 1.83. The van der Waals surface area contributed by atoms with Gasteiger partial charge in [0.2, 0.25) is 0 Å². The lowest BCUT2D eigenvalue weighted by Gasteiger charge is -2.17. The molecule has 80 valence electrons. The molecule has 4 nitrogen and oxygen atoms in total. The first-order valence-corrected chi connectivity index (χ1v) is 4.19. The van der Waals surface area contributed by atoms with Gasteiger partial charge < -0.3 is 10.2 Å². The monoisotopic (exact) mass is 232 g/mol. The summed E-state index contributed by atoms with van der Waals surface area (Å²) < 4.78 is 13.2. The first kappa shape index (κ1) is 11.5. The molecule has 6 heteroatoms. The highest BCUT2D eigenvalue weighted by atomic mass is 35.5. The number of aliphatic carboxylic acids is 2. The van der Waals surface area contributed by atoms with E-state index in [9.17, 15) is 14.0 Å². The Balaban J connectivity index is 3.41. The van der Waals surface area contributed by atoms with Crippen molar-refractivity contribution in [3.05, 3.63) is 35.6 Å². The van der Waals surface area contributed by atoms with E-state index >= 15 is 0 Å². The molecule has 0 saturated carbocycles. The van der Waals surface area contributed by atoms with E-state index in [0.29, 0.717) is 0 Å². The summed E-state index contributed by atoms with van der Waals surface area (Å²) in [6, 6.07) is 4.57. The Morgan fingerprint density at radius 3 is 2.07 bits per heavy atom. The topological polar surface area (TPSA) is 74.6 Å². The van der Waals surface area contributed by atoms with E-state index in [1.807, 2.05) is 0 Å². The molecule has 1 aromatic carbocycles. The molecule has 0 heterocycles. The first-order chi connectivity index (χ1) is 6.90. The summed E-state index contributed by atoms with van der Waals surface area (Å²) in [5.74, 6) is -4.64. The van der Waals surface area contributed by atoms with Crippen LogP contribution in [-0.4, -0.2) is 22.2 Å². The van der Waals surface area contributed by atoms with Crippen LogP contribution in [0.15, 0.2) is 24.3 Å². The number of hydrogen-bond donors (Lipinski definition) is 2. The highest BCUT2D eigenvalue weighted by Gasteiger charge is 2.48. The van der Waals surface area contributed by atoms with E-state index in [-0.39, 0.29) is 0 Å². The van der Waals surface area contributed by atoms with Gasteiger partial charge in [0.15, 0.2) is 0 Å². The van der Waals surface area contributed by atoms with Gasteiger partial charge in [-0.15, -0.1) is 0 Å². The third-order valence-corrected chi connectivity index (χ3v) is 2.36. The number of halogens is 2. The van der Waals surface area contributed by atoms with E-state index < -0.39 is 28.2 Å². The van der Waals surface area contributed by atoms with Gasteiger partial charge in [0.25, 0.3) is 4.87 Å². The zero-order valence-electron chi connectivity index (χ0n) is 7.28. The second kappa shape index (κ2) is 3.86. The molecule has 0 aliphatic heterocycles. The summed E-state index contributed by atoms with van der Waals surface area (Å²) in [4.78, 5) is 18.7. The van der Waals surface area contributed by atoms with Gasteiger partial charge in [0.05, 0.1) is 0 Å². The van der Waals surface area contributed by atoms with Gasteiger partial charge in [-0.3, -0.25) is 0 Å². The molecule has 0 aliphatic rings. The Morgan fingerprint density at radius 2 is 1.67 bits per heavy atom. The lowest BCUT2D eigenvalue weighted by molar-refractivity contribution is -0.152. The molecule has 1 rings (SSSR count). The summed E-state index contributed by atoms with van der Waals surface area (Å²) in [6.45, 7) is 0. The van der Waals surface area contributed by atoms with Gasteiger partial charge in [-0.2, -0.15) is 0 Å². The molecule has 0 radical (unpaired) electrons. The fraction of sp³-hybridized carbons (Fsp3) is 0.111. The van der Waals surface area contributed by atoms with Crippen LogP contribution in [0.2, 0.25) is 0 Å². The number of hydrogen-bond acceptors (Lipinski definition) is 2. The van der Waals surface area contributed by atoms with E-state index in [1.54, 1.807) is 0 Å². The van der Waals surface area contributed by atoms with E-state index in [1.165, 1.54) is 12.1 Å². The highest BCUT2D eigenvalue weighted by Crippen LogP contribution is 2.31. The van der Waals surface area contributed by atoms with Crippen LogP contribution in [0.25, 0.3) is 0 Å². The highest BCUT2D eigenvalue weighted by molar-refractivity contribution is 6.43. The molecule has 0 fully saturated rings. The number of alkyl halides is 1. The molecule has 0 atom stereocenters. The Labute approximate surface area is 88.9 Å². The number of rotatable bonds is 3. The van der Waals surface area contributed by atoms with Gasteiger partial charge >= 0.3 is 11.9 Å². The maximum absolute atomic E-state index is 13.2. The molecular weight excluding hydrogens is 227 g/mol. The standard InChI is InChI=1S/C9H6ClFO4/c10-9(7(12)13,8(14)15)5-3-1-2-4-6(5)11/h1-4H,(H,12,13)(H,14,15). The third kappa shape index (κ3) is 1.78. The van der Waals surface area contributed by atoms with Crippen LogP contribution in [-0.2, 0) is 14.5 Å². The van der Waals surface area contributed by atoms with Gasteiger partial charge in [-0.1, -0.05) is 29.8 Å². The molecule has 15 heavy (non-hydrogen) atoms. The van der Waals surface area contributed by atoms with Crippen LogP contribution >= 0.6 is 11.6 Å². The van der Waals surface area contributed by atoms with E-state index in [4.69, 9.17) is 21.8 Å². The first-order valence-electron chi connectivity index (χ1n) is 3.81. The van der Waals surface area contributed by atoms with Crippen molar-refractivity contribution in [2.24, 2.45) is 0 Å². The Bertz CT molecular complexity index is 404. The minimum atomic E-state index is -2.79. The normalized spacial score (nSPS) is 11.1. The van der Waals surface area contributed by atoms with Crippen molar-refractivity contribution >= 4 is 23.5 Å². The van der Waals surface area contributed by atoms with Crippen molar-refractivity contribution in [3.8, 4) is 0 Å². The Morgan fingerprint density at radius 1 is 1.20 bits per heavy atom. The van der Waals surface area contributed by atoms with Crippen LogP contribution in [0.4, 0.5) is 4.39 Å². The van der Waals surface area contributed by atoms with Crippen LogP contribution in [0, 0.1) is 5.82 Å². The molecule has 2 N–H and O–H groups in total. The van der Waals surface area contributed by atoms with Crippen LogP contribution in [0.1, 0.15) is 5.56 Å². The fourth-order valence-corrected chi connectivity index (χ4v) is 1.22. The van der Waals surface area contributed by atoms with Crippen LogP contribution in [0.3, 0.4) is 0 Å². The summed E-state index contributed by atoms with van der Waals surface area (Å²) in [6.07, 6.45) is 0. The van der Waals surface area contributed by atoms with Crippen molar-refractivity contribution in [1.82, 2.24) is 0 Å². The lowest BCUT2D eigenvalue weighted by Crippen LogP contribution is -2.39. The molecule has 1 aromatic rings. The van der Waals surface area contributed by atoms with Gasteiger partial charge in [-0.05, 0) is 6.07 Å². The zero-order chi connectivity index (χ0) is 11.6. The second-order valence-electron chi connectivity index (χ2n) is 2.75. The minimum absolute atomic E-state index is 0.591.